The van der Waals surface area contributed by atoms with Gasteiger partial charge in [0.25, 0.3) is 10.0 Å². The van der Waals surface area contributed by atoms with Crippen molar-refractivity contribution in [2.75, 3.05) is 26.2 Å². The summed E-state index contributed by atoms with van der Waals surface area (Å²) in [5.41, 5.74) is 0.717. The molecule has 1 aromatic heterocycles. The van der Waals surface area contributed by atoms with Gasteiger partial charge < -0.3 is 9.88 Å². The smallest absolute Gasteiger partial charge is 0.260 e. The van der Waals surface area contributed by atoms with Crippen LogP contribution in [0.1, 0.15) is 25.8 Å². The van der Waals surface area contributed by atoms with Crippen molar-refractivity contribution < 1.29 is 21.6 Å². The third-order valence-electron chi connectivity index (χ3n) is 5.13. The van der Waals surface area contributed by atoms with Gasteiger partial charge in [-0.25, -0.2) is 21.8 Å². The number of hydrogen-bond donors (Lipinski definition) is 1. The zero-order valence-corrected chi connectivity index (χ0v) is 18.6. The number of H-pyrrole nitrogens is 1. The summed E-state index contributed by atoms with van der Waals surface area (Å²) < 4.78 is 51.0. The van der Waals surface area contributed by atoms with E-state index in [0.717, 1.165) is 0 Å². The van der Waals surface area contributed by atoms with Gasteiger partial charge in [-0.1, -0.05) is 12.1 Å². The van der Waals surface area contributed by atoms with Crippen LogP contribution in [0, 0.1) is 0 Å². The fourth-order valence-corrected chi connectivity index (χ4v) is 5.69. The van der Waals surface area contributed by atoms with Crippen LogP contribution in [0.15, 0.2) is 46.7 Å². The Morgan fingerprint density at radius 2 is 1.77 bits per heavy atom. The number of imidazole rings is 1. The highest BCUT2D eigenvalue weighted by atomic mass is 32.2. The molecule has 2 aromatic rings. The minimum absolute atomic E-state index is 0.0405. The number of sulfonamides is 1. The van der Waals surface area contributed by atoms with Gasteiger partial charge in [-0.3, -0.25) is 4.79 Å². The predicted octanol–water partition coefficient (Wildman–Crippen LogP) is 1.06. The molecule has 1 amide bonds. The average molecular weight is 455 g/mol. The molecule has 1 fully saturated rings. The number of aromatic nitrogens is 2. The lowest BCUT2D eigenvalue weighted by atomic mass is 10.1. The molecule has 2 heterocycles. The van der Waals surface area contributed by atoms with Gasteiger partial charge in [0.2, 0.25) is 5.91 Å². The first-order chi connectivity index (χ1) is 14.1. The topological polar surface area (TPSA) is 121 Å². The highest BCUT2D eigenvalue weighted by Crippen LogP contribution is 2.18. The molecule has 0 atom stereocenters. The van der Waals surface area contributed by atoms with E-state index in [2.05, 4.69) is 9.97 Å². The summed E-state index contributed by atoms with van der Waals surface area (Å²) in [5.74, 6) is -0.116. The Bertz CT molecular complexity index is 1080. The third kappa shape index (κ3) is 4.73. The van der Waals surface area contributed by atoms with Gasteiger partial charge in [0.1, 0.15) is 0 Å². The minimum atomic E-state index is -3.66. The largest absolute Gasteiger partial charge is 0.341 e. The Balaban J connectivity index is 1.63. The van der Waals surface area contributed by atoms with Crippen molar-refractivity contribution in [3.05, 3.63) is 42.4 Å². The molecular weight excluding hydrogens is 428 g/mol. The van der Waals surface area contributed by atoms with Gasteiger partial charge >= 0.3 is 0 Å². The van der Waals surface area contributed by atoms with Crippen LogP contribution in [0.25, 0.3) is 0 Å². The number of sulfone groups is 1. The van der Waals surface area contributed by atoms with Gasteiger partial charge in [-0.15, -0.1) is 0 Å². The van der Waals surface area contributed by atoms with Crippen molar-refractivity contribution in [3.63, 3.8) is 0 Å². The van der Waals surface area contributed by atoms with Crippen molar-refractivity contribution >= 4 is 25.8 Å². The van der Waals surface area contributed by atoms with Gasteiger partial charge in [0, 0.05) is 26.2 Å². The van der Waals surface area contributed by atoms with Gasteiger partial charge in [0.05, 0.1) is 29.1 Å². The second-order valence-corrected chi connectivity index (χ2v) is 11.9. The number of hydrogen-bond acceptors (Lipinski definition) is 6. The standard InChI is InChI=1S/C19H26N4O5S2/c1-15(2)29(25,26)17-6-4-16(5-7-17)12-19(24)22-8-3-9-23(11-10-22)30(27,28)18-13-20-14-21-18/h4-7,13-15H,3,8-12H2,1-2H3,(H,20,21). The van der Waals surface area contributed by atoms with E-state index >= 15 is 0 Å². The van der Waals surface area contributed by atoms with E-state index in [1.807, 2.05) is 0 Å². The maximum absolute atomic E-state index is 12.7. The summed E-state index contributed by atoms with van der Waals surface area (Å²) >= 11 is 0. The van der Waals surface area contributed by atoms with Gasteiger partial charge in [-0.2, -0.15) is 4.31 Å². The third-order valence-corrected chi connectivity index (χ3v) is 9.12. The first-order valence-corrected chi connectivity index (χ1v) is 12.7. The molecule has 1 N–H and O–H groups in total. The Morgan fingerprint density at radius 1 is 1.07 bits per heavy atom. The maximum Gasteiger partial charge on any atom is 0.260 e. The molecule has 164 valence electrons. The van der Waals surface area contributed by atoms with Crippen LogP contribution in [0.3, 0.4) is 0 Å². The monoisotopic (exact) mass is 454 g/mol. The van der Waals surface area contributed by atoms with E-state index in [0.29, 0.717) is 31.6 Å². The van der Waals surface area contributed by atoms with Crippen LogP contribution in [-0.2, 0) is 31.1 Å². The van der Waals surface area contributed by atoms with Crippen LogP contribution in [0.5, 0.6) is 0 Å². The average Bonchev–Trinajstić information content (AvgIpc) is 3.13. The molecular formula is C19H26N4O5S2. The second kappa shape index (κ2) is 8.86. The number of nitrogens with one attached hydrogen (secondary N) is 1. The number of nitrogens with zero attached hydrogens (tertiary/aromatic N) is 3. The van der Waals surface area contributed by atoms with Gasteiger partial charge in [-0.05, 0) is 38.0 Å². The first kappa shape index (κ1) is 22.4. The fourth-order valence-electron chi connectivity index (χ4n) is 3.26. The Labute approximate surface area is 177 Å². The first-order valence-electron chi connectivity index (χ1n) is 9.71. The number of aromatic amines is 1. The van der Waals surface area contributed by atoms with Crippen molar-refractivity contribution in [2.24, 2.45) is 0 Å². The maximum atomic E-state index is 12.7. The zero-order chi connectivity index (χ0) is 21.9. The van der Waals surface area contributed by atoms with Crippen molar-refractivity contribution in [2.45, 2.75) is 41.9 Å². The highest BCUT2D eigenvalue weighted by Gasteiger charge is 2.29. The Morgan fingerprint density at radius 3 is 2.37 bits per heavy atom. The molecule has 3 rings (SSSR count). The van der Waals surface area contributed by atoms with Crippen LogP contribution in [0.4, 0.5) is 0 Å². The summed E-state index contributed by atoms with van der Waals surface area (Å²) in [6, 6.07) is 6.36. The van der Waals surface area contributed by atoms with Gasteiger partial charge in [0.15, 0.2) is 14.9 Å². The molecule has 0 spiro atoms. The van der Waals surface area contributed by atoms with Crippen LogP contribution >= 0.6 is 0 Å². The van der Waals surface area contributed by atoms with Crippen LogP contribution in [0.2, 0.25) is 0 Å². The molecule has 0 saturated carbocycles. The number of rotatable bonds is 6. The second-order valence-electron chi connectivity index (χ2n) is 7.47. The van der Waals surface area contributed by atoms with Crippen molar-refractivity contribution in [3.8, 4) is 0 Å². The molecule has 0 aliphatic carbocycles. The van der Waals surface area contributed by atoms with Crippen LogP contribution < -0.4 is 0 Å². The summed E-state index contributed by atoms with van der Waals surface area (Å²) in [6.07, 6.45) is 3.25. The van der Waals surface area contributed by atoms with E-state index in [1.54, 1.807) is 30.9 Å². The summed E-state index contributed by atoms with van der Waals surface area (Å²) in [6.45, 7) is 4.55. The molecule has 1 saturated heterocycles. The van der Waals surface area contributed by atoms with Crippen molar-refractivity contribution in [1.82, 2.24) is 19.2 Å². The number of carbonyl (C=O) groups is 1. The fraction of sp³-hybridized carbons (Fsp3) is 0.474. The quantitative estimate of drug-likeness (QED) is 0.697. The van der Waals surface area contributed by atoms with E-state index in [1.165, 1.54) is 29.0 Å². The lowest BCUT2D eigenvalue weighted by molar-refractivity contribution is -0.130. The molecule has 0 unspecified atom stereocenters. The van der Waals surface area contributed by atoms with Crippen molar-refractivity contribution in [1.29, 1.82) is 0 Å². The lowest BCUT2D eigenvalue weighted by Gasteiger charge is -2.21. The SMILES string of the molecule is CC(C)S(=O)(=O)c1ccc(CC(=O)N2CCCN(S(=O)(=O)c3cnc[nH]3)CC2)cc1. The minimum Gasteiger partial charge on any atom is -0.341 e. The number of carbonyl (C=O) groups excluding carboxylic acids is 1. The van der Waals surface area contributed by atoms with Crippen LogP contribution in [-0.4, -0.2) is 73.3 Å². The van der Waals surface area contributed by atoms with E-state index in [9.17, 15) is 21.6 Å². The Hall–Kier alpha value is -2.24. The van der Waals surface area contributed by atoms with E-state index in [4.69, 9.17) is 0 Å². The molecule has 1 aliphatic rings. The normalized spacial score (nSPS) is 16.6. The lowest BCUT2D eigenvalue weighted by Crippen LogP contribution is -2.38. The van der Waals surface area contributed by atoms with E-state index < -0.39 is 25.1 Å². The molecule has 0 bridgehead atoms. The number of amides is 1. The van der Waals surface area contributed by atoms with E-state index in [-0.39, 0.29) is 28.8 Å². The molecule has 1 aromatic carbocycles. The molecule has 30 heavy (non-hydrogen) atoms. The Kier molecular flexibility index (Phi) is 6.63. The molecule has 0 radical (unpaired) electrons. The molecule has 1 aliphatic heterocycles. The highest BCUT2D eigenvalue weighted by molar-refractivity contribution is 7.92. The zero-order valence-electron chi connectivity index (χ0n) is 17.0. The number of benzene rings is 1. The summed E-state index contributed by atoms with van der Waals surface area (Å²) in [7, 11) is -7.01. The summed E-state index contributed by atoms with van der Waals surface area (Å²) in [4.78, 5) is 21.0. The molecule has 9 nitrogen and oxygen atoms in total. The predicted molar refractivity (Wildman–Crippen MR) is 111 cm³/mol. The summed E-state index contributed by atoms with van der Waals surface area (Å²) in [5, 5.41) is -0.471. The molecule has 11 heteroatoms.